The van der Waals surface area contributed by atoms with Crippen molar-refractivity contribution < 1.29 is 5.11 Å². The van der Waals surface area contributed by atoms with Crippen LogP contribution < -0.4 is 0 Å². The second kappa shape index (κ2) is 8.28. The van der Waals surface area contributed by atoms with Crippen LogP contribution in [0.15, 0.2) is 24.5 Å². The summed E-state index contributed by atoms with van der Waals surface area (Å²) in [6, 6.07) is 4.04. The topological polar surface area (TPSA) is 33.1 Å². The van der Waals surface area contributed by atoms with E-state index >= 15 is 0 Å². The lowest BCUT2D eigenvalue weighted by molar-refractivity contribution is 0.151. The largest absolute Gasteiger partial charge is 0.393 e. The van der Waals surface area contributed by atoms with Crippen LogP contribution in [0.1, 0.15) is 51.0 Å². The lowest BCUT2D eigenvalue weighted by atomic mass is 10.0. The molecule has 2 nitrogen and oxygen atoms in total. The van der Waals surface area contributed by atoms with E-state index in [0.29, 0.717) is 0 Å². The highest BCUT2D eigenvalue weighted by molar-refractivity contribution is 5.09. The van der Waals surface area contributed by atoms with Gasteiger partial charge in [-0.2, -0.15) is 0 Å². The van der Waals surface area contributed by atoms with Crippen LogP contribution in [0.3, 0.4) is 0 Å². The van der Waals surface area contributed by atoms with Gasteiger partial charge in [0.05, 0.1) is 6.10 Å². The second-order valence-electron chi connectivity index (χ2n) is 4.40. The fraction of sp³-hybridized carbons (Fsp3) is 0.643. The van der Waals surface area contributed by atoms with Crippen LogP contribution in [-0.4, -0.2) is 16.2 Å². The Hall–Kier alpha value is -0.890. The van der Waals surface area contributed by atoms with Gasteiger partial charge in [-0.1, -0.05) is 32.6 Å². The van der Waals surface area contributed by atoms with Gasteiger partial charge >= 0.3 is 0 Å². The molecule has 0 saturated carbocycles. The minimum Gasteiger partial charge on any atom is -0.393 e. The van der Waals surface area contributed by atoms with Gasteiger partial charge in [0, 0.05) is 12.4 Å². The Morgan fingerprint density at radius 2 is 1.88 bits per heavy atom. The van der Waals surface area contributed by atoms with E-state index in [-0.39, 0.29) is 6.10 Å². The van der Waals surface area contributed by atoms with Crippen LogP contribution in [-0.2, 0) is 6.42 Å². The molecule has 1 aromatic rings. The summed E-state index contributed by atoms with van der Waals surface area (Å²) in [5.74, 6) is 0. The summed E-state index contributed by atoms with van der Waals surface area (Å²) in [4.78, 5) is 3.98. The quantitative estimate of drug-likeness (QED) is 0.683. The third-order valence-electron chi connectivity index (χ3n) is 2.91. The number of unbranched alkanes of at least 4 members (excludes halogenated alkanes) is 3. The van der Waals surface area contributed by atoms with Crippen LogP contribution in [0, 0.1) is 0 Å². The van der Waals surface area contributed by atoms with Crippen molar-refractivity contribution in [1.29, 1.82) is 0 Å². The smallest absolute Gasteiger partial charge is 0.0543 e. The molecule has 0 aliphatic rings. The van der Waals surface area contributed by atoms with Crippen molar-refractivity contribution in [1.82, 2.24) is 4.98 Å². The number of hydrogen-bond acceptors (Lipinski definition) is 2. The highest BCUT2D eigenvalue weighted by Gasteiger charge is 2.04. The fourth-order valence-corrected chi connectivity index (χ4v) is 1.83. The SMILES string of the molecule is CCCCCCC(O)CCc1ccncc1. The van der Waals surface area contributed by atoms with Crippen molar-refractivity contribution in [3.8, 4) is 0 Å². The maximum atomic E-state index is 9.79. The molecule has 1 atom stereocenters. The number of aliphatic hydroxyl groups excluding tert-OH is 1. The van der Waals surface area contributed by atoms with Crippen molar-refractivity contribution in [2.45, 2.75) is 58.0 Å². The second-order valence-corrected chi connectivity index (χ2v) is 4.40. The Bertz CT molecular complexity index is 261. The molecule has 1 N–H and O–H groups in total. The molecule has 16 heavy (non-hydrogen) atoms. The first kappa shape index (κ1) is 13.2. The zero-order valence-corrected chi connectivity index (χ0v) is 10.2. The first-order chi connectivity index (χ1) is 7.83. The van der Waals surface area contributed by atoms with Crippen LogP contribution in [0.5, 0.6) is 0 Å². The van der Waals surface area contributed by atoms with Crippen molar-refractivity contribution in [2.24, 2.45) is 0 Å². The van der Waals surface area contributed by atoms with E-state index in [1.807, 2.05) is 24.5 Å². The lowest BCUT2D eigenvalue weighted by Gasteiger charge is -2.09. The van der Waals surface area contributed by atoms with Gasteiger partial charge in [0.15, 0.2) is 0 Å². The van der Waals surface area contributed by atoms with Crippen molar-refractivity contribution in [3.05, 3.63) is 30.1 Å². The van der Waals surface area contributed by atoms with Crippen LogP contribution in [0.4, 0.5) is 0 Å². The third kappa shape index (κ3) is 5.86. The average Bonchev–Trinajstić information content (AvgIpc) is 2.33. The molecule has 0 amide bonds. The minimum absolute atomic E-state index is 0.134. The summed E-state index contributed by atoms with van der Waals surface area (Å²) in [6.07, 6.45) is 11.2. The van der Waals surface area contributed by atoms with Crippen molar-refractivity contribution in [3.63, 3.8) is 0 Å². The molecule has 0 aliphatic carbocycles. The predicted molar refractivity (Wildman–Crippen MR) is 67.3 cm³/mol. The maximum Gasteiger partial charge on any atom is 0.0543 e. The molecule has 1 unspecified atom stereocenters. The summed E-state index contributed by atoms with van der Waals surface area (Å²) in [7, 11) is 0. The molecule has 0 saturated heterocycles. The van der Waals surface area contributed by atoms with E-state index in [2.05, 4.69) is 11.9 Å². The van der Waals surface area contributed by atoms with Gasteiger partial charge in [0.2, 0.25) is 0 Å². The highest BCUT2D eigenvalue weighted by atomic mass is 16.3. The molecule has 90 valence electrons. The fourth-order valence-electron chi connectivity index (χ4n) is 1.83. The Labute approximate surface area is 98.7 Å². The van der Waals surface area contributed by atoms with E-state index < -0.39 is 0 Å². The number of nitrogens with zero attached hydrogens (tertiary/aromatic N) is 1. The van der Waals surface area contributed by atoms with Gasteiger partial charge in [-0.25, -0.2) is 0 Å². The average molecular weight is 221 g/mol. The molecule has 0 spiro atoms. The molecule has 1 heterocycles. The molecule has 0 radical (unpaired) electrons. The van der Waals surface area contributed by atoms with Gasteiger partial charge < -0.3 is 5.11 Å². The van der Waals surface area contributed by atoms with E-state index in [1.165, 1.54) is 24.8 Å². The van der Waals surface area contributed by atoms with Gasteiger partial charge in [0.25, 0.3) is 0 Å². The van der Waals surface area contributed by atoms with Gasteiger partial charge in [-0.3, -0.25) is 4.98 Å². The monoisotopic (exact) mass is 221 g/mol. The molecule has 1 rings (SSSR count). The van der Waals surface area contributed by atoms with Gasteiger partial charge in [-0.05, 0) is 37.0 Å². The van der Waals surface area contributed by atoms with E-state index in [1.54, 1.807) is 0 Å². The number of rotatable bonds is 8. The minimum atomic E-state index is -0.134. The number of aliphatic hydroxyl groups is 1. The summed E-state index contributed by atoms with van der Waals surface area (Å²) in [6.45, 7) is 2.21. The molecule has 2 heteroatoms. The molecule has 0 fully saturated rings. The number of aromatic nitrogens is 1. The molecule has 0 aromatic carbocycles. The van der Waals surface area contributed by atoms with E-state index in [4.69, 9.17) is 0 Å². The summed E-state index contributed by atoms with van der Waals surface area (Å²) in [5.41, 5.74) is 1.27. The Balaban J connectivity index is 2.08. The molecule has 0 aliphatic heterocycles. The highest BCUT2D eigenvalue weighted by Crippen LogP contribution is 2.10. The number of pyridine rings is 1. The van der Waals surface area contributed by atoms with E-state index in [0.717, 1.165) is 25.7 Å². The van der Waals surface area contributed by atoms with Crippen molar-refractivity contribution in [2.75, 3.05) is 0 Å². The first-order valence-corrected chi connectivity index (χ1v) is 6.40. The summed E-state index contributed by atoms with van der Waals surface area (Å²) >= 11 is 0. The molecular weight excluding hydrogens is 198 g/mol. The van der Waals surface area contributed by atoms with Crippen LogP contribution in [0.25, 0.3) is 0 Å². The normalized spacial score (nSPS) is 12.6. The molecular formula is C14H23NO. The molecule has 1 aromatic heterocycles. The Kier molecular flexibility index (Phi) is 6.82. The maximum absolute atomic E-state index is 9.79. The lowest BCUT2D eigenvalue weighted by Crippen LogP contribution is -2.07. The predicted octanol–water partition coefficient (Wildman–Crippen LogP) is 3.35. The summed E-state index contributed by atoms with van der Waals surface area (Å²) in [5, 5.41) is 9.79. The zero-order valence-electron chi connectivity index (χ0n) is 10.2. The standard InChI is InChI=1S/C14H23NO/c1-2-3-4-5-6-14(16)8-7-13-9-11-15-12-10-13/h9-12,14,16H,2-8H2,1H3. The number of aryl methyl sites for hydroxylation is 1. The number of hydrogen-bond donors (Lipinski definition) is 1. The third-order valence-corrected chi connectivity index (χ3v) is 2.91. The summed E-state index contributed by atoms with van der Waals surface area (Å²) < 4.78 is 0. The zero-order chi connectivity index (χ0) is 11.6. The van der Waals surface area contributed by atoms with Gasteiger partial charge in [-0.15, -0.1) is 0 Å². The van der Waals surface area contributed by atoms with Gasteiger partial charge in [0.1, 0.15) is 0 Å². The van der Waals surface area contributed by atoms with Crippen molar-refractivity contribution >= 4 is 0 Å². The van der Waals surface area contributed by atoms with Crippen LogP contribution in [0.2, 0.25) is 0 Å². The Morgan fingerprint density at radius 3 is 2.56 bits per heavy atom. The first-order valence-electron chi connectivity index (χ1n) is 6.40. The Morgan fingerprint density at radius 1 is 1.12 bits per heavy atom. The van der Waals surface area contributed by atoms with E-state index in [9.17, 15) is 5.11 Å². The van der Waals surface area contributed by atoms with Crippen LogP contribution >= 0.6 is 0 Å². The molecule has 0 bridgehead atoms.